The Bertz CT molecular complexity index is 484. The SMILES string of the molecule is COc1ccccc1NC(=O)[C@@H]1C[C@H](C)CC[C@H]1C(C)C. The third kappa shape index (κ3) is 3.78. The van der Waals surface area contributed by atoms with Crippen LogP contribution in [0.3, 0.4) is 0 Å². The molecule has 1 aliphatic rings. The van der Waals surface area contributed by atoms with Gasteiger partial charge in [0.15, 0.2) is 0 Å². The Kier molecular flexibility index (Phi) is 5.27. The van der Waals surface area contributed by atoms with E-state index in [-0.39, 0.29) is 11.8 Å². The number of methoxy groups -OCH3 is 1. The first-order valence-electron chi connectivity index (χ1n) is 7.96. The first-order valence-corrected chi connectivity index (χ1v) is 7.96. The number of nitrogens with one attached hydrogen (secondary N) is 1. The van der Waals surface area contributed by atoms with E-state index in [4.69, 9.17) is 4.74 Å². The summed E-state index contributed by atoms with van der Waals surface area (Å²) >= 11 is 0. The van der Waals surface area contributed by atoms with E-state index in [0.29, 0.717) is 17.8 Å². The van der Waals surface area contributed by atoms with Gasteiger partial charge >= 0.3 is 0 Å². The molecule has 0 bridgehead atoms. The topological polar surface area (TPSA) is 38.3 Å². The van der Waals surface area contributed by atoms with Crippen LogP contribution in [0, 0.1) is 23.7 Å². The van der Waals surface area contributed by atoms with Gasteiger partial charge < -0.3 is 10.1 Å². The van der Waals surface area contributed by atoms with Crippen LogP contribution in [0.2, 0.25) is 0 Å². The molecule has 3 atom stereocenters. The van der Waals surface area contributed by atoms with E-state index >= 15 is 0 Å². The summed E-state index contributed by atoms with van der Waals surface area (Å²) in [5, 5.41) is 3.07. The van der Waals surface area contributed by atoms with Gasteiger partial charge in [0, 0.05) is 5.92 Å². The van der Waals surface area contributed by atoms with Gasteiger partial charge in [0.25, 0.3) is 0 Å². The quantitative estimate of drug-likeness (QED) is 0.895. The Balaban J connectivity index is 2.13. The number of ether oxygens (including phenoxy) is 1. The lowest BCUT2D eigenvalue weighted by Crippen LogP contribution is -2.36. The van der Waals surface area contributed by atoms with Crippen LogP contribution in [-0.2, 0) is 4.79 Å². The molecule has 2 rings (SSSR count). The van der Waals surface area contributed by atoms with Crippen molar-refractivity contribution in [2.45, 2.75) is 40.0 Å². The van der Waals surface area contributed by atoms with E-state index < -0.39 is 0 Å². The van der Waals surface area contributed by atoms with Gasteiger partial charge in [-0.3, -0.25) is 4.79 Å². The minimum absolute atomic E-state index is 0.110. The van der Waals surface area contributed by atoms with Crippen LogP contribution < -0.4 is 10.1 Å². The van der Waals surface area contributed by atoms with Crippen LogP contribution in [0.15, 0.2) is 24.3 Å². The summed E-state index contributed by atoms with van der Waals surface area (Å²) in [6.45, 7) is 6.70. The van der Waals surface area contributed by atoms with E-state index in [1.54, 1.807) is 7.11 Å². The van der Waals surface area contributed by atoms with Crippen molar-refractivity contribution >= 4 is 11.6 Å². The third-order valence-electron chi connectivity index (χ3n) is 4.72. The van der Waals surface area contributed by atoms with Gasteiger partial charge in [-0.1, -0.05) is 39.3 Å². The summed E-state index contributed by atoms with van der Waals surface area (Å²) < 4.78 is 5.31. The molecule has 0 aliphatic heterocycles. The lowest BCUT2D eigenvalue weighted by Gasteiger charge is -2.36. The van der Waals surface area contributed by atoms with Gasteiger partial charge in [-0.25, -0.2) is 0 Å². The molecule has 1 N–H and O–H groups in total. The van der Waals surface area contributed by atoms with Crippen molar-refractivity contribution in [2.24, 2.45) is 23.7 Å². The normalized spacial score (nSPS) is 25.7. The number of carbonyl (C=O) groups excluding carboxylic acids is 1. The molecule has 0 heterocycles. The second-order valence-corrected chi connectivity index (χ2v) is 6.62. The molecule has 1 amide bonds. The van der Waals surface area contributed by atoms with Gasteiger partial charge in [-0.15, -0.1) is 0 Å². The maximum atomic E-state index is 12.7. The summed E-state index contributed by atoms with van der Waals surface area (Å²) in [5.41, 5.74) is 0.769. The second kappa shape index (κ2) is 6.97. The average Bonchev–Trinajstić information content (AvgIpc) is 2.47. The Morgan fingerprint density at radius 2 is 2.00 bits per heavy atom. The molecule has 0 unspecified atom stereocenters. The summed E-state index contributed by atoms with van der Waals surface area (Å²) in [4.78, 5) is 12.7. The van der Waals surface area contributed by atoms with Crippen molar-refractivity contribution in [3.05, 3.63) is 24.3 Å². The summed E-state index contributed by atoms with van der Waals surface area (Å²) in [6.07, 6.45) is 3.38. The largest absolute Gasteiger partial charge is 0.495 e. The molecular formula is C18H27NO2. The number of amides is 1. The van der Waals surface area contributed by atoms with Crippen LogP contribution in [0.5, 0.6) is 5.75 Å². The molecule has 0 spiro atoms. The Hall–Kier alpha value is -1.51. The minimum atomic E-state index is 0.110. The van der Waals surface area contributed by atoms with Gasteiger partial charge in [0.05, 0.1) is 12.8 Å². The lowest BCUT2D eigenvalue weighted by molar-refractivity contribution is -0.124. The Morgan fingerprint density at radius 1 is 1.29 bits per heavy atom. The molecule has 0 radical (unpaired) electrons. The van der Waals surface area contributed by atoms with Gasteiger partial charge in [0.2, 0.25) is 5.91 Å². The fraction of sp³-hybridized carbons (Fsp3) is 0.611. The van der Waals surface area contributed by atoms with E-state index in [0.717, 1.165) is 24.3 Å². The molecule has 1 aliphatic carbocycles. The van der Waals surface area contributed by atoms with Crippen LogP contribution in [0.1, 0.15) is 40.0 Å². The van der Waals surface area contributed by atoms with E-state index in [2.05, 4.69) is 26.1 Å². The summed E-state index contributed by atoms with van der Waals surface area (Å²) in [7, 11) is 1.63. The standard InChI is InChI=1S/C18H27NO2/c1-12(2)14-10-9-13(3)11-15(14)18(20)19-16-7-5-6-8-17(16)21-4/h5-8,12-15H,9-11H2,1-4H3,(H,19,20)/t13-,14+,15-/m1/s1. The first-order chi connectivity index (χ1) is 10.0. The van der Waals surface area contributed by atoms with Crippen LogP contribution in [0.25, 0.3) is 0 Å². The molecule has 3 nitrogen and oxygen atoms in total. The minimum Gasteiger partial charge on any atom is -0.495 e. The van der Waals surface area contributed by atoms with Crippen LogP contribution in [-0.4, -0.2) is 13.0 Å². The van der Waals surface area contributed by atoms with Gasteiger partial charge in [0.1, 0.15) is 5.75 Å². The Morgan fingerprint density at radius 3 is 2.67 bits per heavy atom. The van der Waals surface area contributed by atoms with Crippen molar-refractivity contribution in [3.8, 4) is 5.75 Å². The lowest BCUT2D eigenvalue weighted by atomic mass is 9.70. The number of anilines is 1. The molecule has 21 heavy (non-hydrogen) atoms. The maximum Gasteiger partial charge on any atom is 0.227 e. The highest BCUT2D eigenvalue weighted by Gasteiger charge is 2.35. The fourth-order valence-corrected chi connectivity index (χ4v) is 3.48. The van der Waals surface area contributed by atoms with Crippen molar-refractivity contribution in [1.29, 1.82) is 0 Å². The van der Waals surface area contributed by atoms with Crippen LogP contribution >= 0.6 is 0 Å². The van der Waals surface area contributed by atoms with Crippen molar-refractivity contribution in [3.63, 3.8) is 0 Å². The van der Waals surface area contributed by atoms with Gasteiger partial charge in [-0.05, 0) is 42.7 Å². The molecule has 1 aromatic rings. The smallest absolute Gasteiger partial charge is 0.227 e. The zero-order valence-electron chi connectivity index (χ0n) is 13.6. The van der Waals surface area contributed by atoms with Crippen molar-refractivity contribution in [2.75, 3.05) is 12.4 Å². The number of para-hydroxylation sites is 2. The maximum absolute atomic E-state index is 12.7. The van der Waals surface area contributed by atoms with E-state index in [9.17, 15) is 4.79 Å². The van der Waals surface area contributed by atoms with Crippen LogP contribution in [0.4, 0.5) is 5.69 Å². The number of rotatable bonds is 4. The zero-order valence-corrected chi connectivity index (χ0v) is 13.6. The Labute approximate surface area is 128 Å². The zero-order chi connectivity index (χ0) is 15.4. The predicted octanol–water partition coefficient (Wildman–Crippen LogP) is 4.34. The highest BCUT2D eigenvalue weighted by molar-refractivity contribution is 5.94. The van der Waals surface area contributed by atoms with E-state index in [1.807, 2.05) is 24.3 Å². The fourth-order valence-electron chi connectivity index (χ4n) is 3.48. The molecule has 0 saturated heterocycles. The molecular weight excluding hydrogens is 262 g/mol. The second-order valence-electron chi connectivity index (χ2n) is 6.62. The van der Waals surface area contributed by atoms with Gasteiger partial charge in [-0.2, -0.15) is 0 Å². The molecule has 1 fully saturated rings. The third-order valence-corrected chi connectivity index (χ3v) is 4.72. The monoisotopic (exact) mass is 289 g/mol. The number of hydrogen-bond acceptors (Lipinski definition) is 2. The first kappa shape index (κ1) is 15.9. The number of benzene rings is 1. The highest BCUT2D eigenvalue weighted by Crippen LogP contribution is 2.39. The van der Waals surface area contributed by atoms with Crippen molar-refractivity contribution < 1.29 is 9.53 Å². The molecule has 1 aromatic carbocycles. The molecule has 3 heteroatoms. The van der Waals surface area contributed by atoms with E-state index in [1.165, 1.54) is 6.42 Å². The molecule has 116 valence electrons. The summed E-state index contributed by atoms with van der Waals surface area (Å²) in [6, 6.07) is 7.60. The molecule has 0 aromatic heterocycles. The number of carbonyl (C=O) groups is 1. The summed E-state index contributed by atoms with van der Waals surface area (Å²) in [5.74, 6) is 2.63. The average molecular weight is 289 g/mol. The number of hydrogen-bond donors (Lipinski definition) is 1. The molecule has 1 saturated carbocycles. The predicted molar refractivity (Wildman–Crippen MR) is 86.5 cm³/mol. The van der Waals surface area contributed by atoms with Crippen molar-refractivity contribution in [1.82, 2.24) is 0 Å². The highest BCUT2D eigenvalue weighted by atomic mass is 16.5.